The minimum atomic E-state index is 0.191. The summed E-state index contributed by atoms with van der Waals surface area (Å²) in [5.74, 6) is 1.02. The molecule has 90 valence electrons. The molecule has 2 N–H and O–H groups in total. The molecule has 1 fully saturated rings. The average molecular weight is 222 g/mol. The van der Waals surface area contributed by atoms with Gasteiger partial charge in [0.2, 0.25) is 0 Å². The highest BCUT2D eigenvalue weighted by molar-refractivity contribution is 5.09. The summed E-state index contributed by atoms with van der Waals surface area (Å²) in [4.78, 5) is 2.47. The Balaban J connectivity index is 2.26. The van der Waals surface area contributed by atoms with E-state index >= 15 is 0 Å². The first kappa shape index (κ1) is 11.7. The third-order valence-corrected chi connectivity index (χ3v) is 3.46. The Hall–Kier alpha value is -0.800. The van der Waals surface area contributed by atoms with Crippen molar-refractivity contribution in [2.45, 2.75) is 51.2 Å². The molecule has 2 rings (SSSR count). The molecule has 1 saturated heterocycles. The van der Waals surface area contributed by atoms with Crippen molar-refractivity contribution in [1.82, 2.24) is 4.90 Å². The van der Waals surface area contributed by atoms with Gasteiger partial charge in [-0.1, -0.05) is 6.42 Å². The summed E-state index contributed by atoms with van der Waals surface area (Å²) in [5.41, 5.74) is 6.30. The highest BCUT2D eigenvalue weighted by atomic mass is 16.3. The van der Waals surface area contributed by atoms with Gasteiger partial charge in [-0.2, -0.15) is 0 Å². The van der Waals surface area contributed by atoms with Crippen LogP contribution in [0.1, 0.15) is 44.9 Å². The fourth-order valence-electron chi connectivity index (χ4n) is 2.63. The van der Waals surface area contributed by atoms with Crippen molar-refractivity contribution in [3.05, 3.63) is 24.2 Å². The Morgan fingerprint density at radius 1 is 1.44 bits per heavy atom. The fraction of sp³-hybridized carbons (Fsp3) is 0.692. The lowest BCUT2D eigenvalue weighted by molar-refractivity contribution is 0.126. The second-order valence-corrected chi connectivity index (χ2v) is 4.95. The standard InChI is InChI=1S/C13H22N2O/c1-10(2)15-8-4-3-6-11(14)13(15)12-7-5-9-16-12/h5,7,9-11,13H,3-4,6,8,14H2,1-2H3. The van der Waals surface area contributed by atoms with Crippen LogP contribution in [-0.4, -0.2) is 23.5 Å². The van der Waals surface area contributed by atoms with Crippen molar-refractivity contribution < 1.29 is 4.42 Å². The Morgan fingerprint density at radius 2 is 2.25 bits per heavy atom. The summed E-state index contributed by atoms with van der Waals surface area (Å²) in [6.45, 7) is 5.58. The summed E-state index contributed by atoms with van der Waals surface area (Å²) in [6.07, 6.45) is 5.30. The quantitative estimate of drug-likeness (QED) is 0.836. The largest absolute Gasteiger partial charge is 0.468 e. The van der Waals surface area contributed by atoms with Crippen LogP contribution >= 0.6 is 0 Å². The zero-order chi connectivity index (χ0) is 11.5. The molecule has 1 aromatic heterocycles. The molecule has 0 bridgehead atoms. The Bertz CT molecular complexity index is 308. The predicted molar refractivity (Wildman–Crippen MR) is 65.1 cm³/mol. The summed E-state index contributed by atoms with van der Waals surface area (Å²) >= 11 is 0. The van der Waals surface area contributed by atoms with Crippen LogP contribution in [0.4, 0.5) is 0 Å². The van der Waals surface area contributed by atoms with Crippen molar-refractivity contribution >= 4 is 0 Å². The van der Waals surface area contributed by atoms with Gasteiger partial charge in [-0.05, 0) is 45.4 Å². The maximum Gasteiger partial charge on any atom is 0.122 e. The third-order valence-electron chi connectivity index (χ3n) is 3.46. The van der Waals surface area contributed by atoms with E-state index in [0.29, 0.717) is 6.04 Å². The molecule has 16 heavy (non-hydrogen) atoms. The van der Waals surface area contributed by atoms with Gasteiger partial charge in [-0.3, -0.25) is 4.90 Å². The van der Waals surface area contributed by atoms with Crippen LogP contribution in [0.3, 0.4) is 0 Å². The van der Waals surface area contributed by atoms with Crippen LogP contribution in [0.5, 0.6) is 0 Å². The molecular weight excluding hydrogens is 200 g/mol. The summed E-state index contributed by atoms with van der Waals surface area (Å²) < 4.78 is 5.56. The van der Waals surface area contributed by atoms with Crippen LogP contribution in [0.2, 0.25) is 0 Å². The lowest BCUT2D eigenvalue weighted by Gasteiger charge is -2.34. The van der Waals surface area contributed by atoms with Gasteiger partial charge in [0.25, 0.3) is 0 Å². The first-order valence-corrected chi connectivity index (χ1v) is 6.25. The number of nitrogens with two attached hydrogens (primary N) is 1. The van der Waals surface area contributed by atoms with E-state index in [1.54, 1.807) is 6.26 Å². The molecule has 3 heteroatoms. The van der Waals surface area contributed by atoms with E-state index in [9.17, 15) is 0 Å². The van der Waals surface area contributed by atoms with E-state index in [4.69, 9.17) is 10.2 Å². The SMILES string of the molecule is CC(C)N1CCCCC(N)C1c1ccco1. The maximum atomic E-state index is 6.30. The monoisotopic (exact) mass is 222 g/mol. The molecule has 1 aliphatic heterocycles. The molecule has 0 amide bonds. The van der Waals surface area contributed by atoms with Crippen LogP contribution < -0.4 is 5.73 Å². The van der Waals surface area contributed by atoms with Crippen molar-refractivity contribution in [1.29, 1.82) is 0 Å². The van der Waals surface area contributed by atoms with Gasteiger partial charge in [0.15, 0.2) is 0 Å². The van der Waals surface area contributed by atoms with Gasteiger partial charge >= 0.3 is 0 Å². The number of nitrogens with zero attached hydrogens (tertiary/aromatic N) is 1. The first-order chi connectivity index (χ1) is 7.70. The topological polar surface area (TPSA) is 42.4 Å². The molecule has 2 heterocycles. The number of rotatable bonds is 2. The van der Waals surface area contributed by atoms with Crippen LogP contribution in [0.25, 0.3) is 0 Å². The first-order valence-electron chi connectivity index (χ1n) is 6.25. The van der Waals surface area contributed by atoms with E-state index in [0.717, 1.165) is 18.7 Å². The molecule has 3 nitrogen and oxygen atoms in total. The predicted octanol–water partition coefficient (Wildman–Crippen LogP) is 2.54. The van der Waals surface area contributed by atoms with Crippen molar-refractivity contribution in [3.63, 3.8) is 0 Å². The highest BCUT2D eigenvalue weighted by Crippen LogP contribution is 2.31. The van der Waals surface area contributed by atoms with E-state index in [2.05, 4.69) is 18.7 Å². The molecule has 0 aliphatic carbocycles. The third kappa shape index (κ3) is 2.30. The van der Waals surface area contributed by atoms with Crippen LogP contribution in [0, 0.1) is 0 Å². The average Bonchev–Trinajstić information content (AvgIpc) is 2.68. The number of furan rings is 1. The Labute approximate surface area is 97.6 Å². The van der Waals surface area contributed by atoms with E-state index in [1.165, 1.54) is 12.8 Å². The maximum absolute atomic E-state index is 6.30. The van der Waals surface area contributed by atoms with E-state index < -0.39 is 0 Å². The minimum Gasteiger partial charge on any atom is -0.468 e. The van der Waals surface area contributed by atoms with E-state index in [-0.39, 0.29) is 12.1 Å². The molecular formula is C13H22N2O. The van der Waals surface area contributed by atoms with Crippen molar-refractivity contribution in [2.24, 2.45) is 5.73 Å². The molecule has 0 aromatic carbocycles. The van der Waals surface area contributed by atoms with Gasteiger partial charge in [-0.15, -0.1) is 0 Å². The van der Waals surface area contributed by atoms with Crippen LogP contribution in [0.15, 0.2) is 22.8 Å². The molecule has 2 unspecified atom stereocenters. The molecule has 0 spiro atoms. The molecule has 1 aliphatic rings. The fourth-order valence-corrected chi connectivity index (χ4v) is 2.63. The number of hydrogen-bond acceptors (Lipinski definition) is 3. The summed E-state index contributed by atoms with van der Waals surface area (Å²) in [7, 11) is 0. The number of hydrogen-bond donors (Lipinski definition) is 1. The zero-order valence-corrected chi connectivity index (χ0v) is 10.2. The molecule has 2 atom stereocenters. The van der Waals surface area contributed by atoms with Gasteiger partial charge in [-0.25, -0.2) is 0 Å². The Kier molecular flexibility index (Phi) is 3.66. The molecule has 1 aromatic rings. The summed E-state index contributed by atoms with van der Waals surface area (Å²) in [6, 6.07) is 4.95. The minimum absolute atomic E-state index is 0.191. The van der Waals surface area contributed by atoms with Gasteiger partial charge in [0, 0.05) is 12.1 Å². The Morgan fingerprint density at radius 3 is 2.88 bits per heavy atom. The second-order valence-electron chi connectivity index (χ2n) is 4.95. The molecule has 0 saturated carbocycles. The highest BCUT2D eigenvalue weighted by Gasteiger charge is 2.31. The van der Waals surface area contributed by atoms with Crippen LogP contribution in [-0.2, 0) is 0 Å². The lowest BCUT2D eigenvalue weighted by atomic mass is 10.0. The van der Waals surface area contributed by atoms with E-state index in [1.807, 2.05) is 12.1 Å². The summed E-state index contributed by atoms with van der Waals surface area (Å²) in [5, 5.41) is 0. The van der Waals surface area contributed by atoms with Gasteiger partial charge < -0.3 is 10.2 Å². The zero-order valence-electron chi connectivity index (χ0n) is 10.2. The van der Waals surface area contributed by atoms with Gasteiger partial charge in [0.1, 0.15) is 5.76 Å². The smallest absolute Gasteiger partial charge is 0.122 e. The second kappa shape index (κ2) is 5.02. The normalized spacial score (nSPS) is 28.2. The number of likely N-dealkylation sites (tertiary alicyclic amines) is 1. The van der Waals surface area contributed by atoms with Gasteiger partial charge in [0.05, 0.1) is 12.3 Å². The van der Waals surface area contributed by atoms with Crippen molar-refractivity contribution in [2.75, 3.05) is 6.54 Å². The van der Waals surface area contributed by atoms with Crippen molar-refractivity contribution in [3.8, 4) is 0 Å². The molecule has 0 radical (unpaired) electrons. The lowest BCUT2D eigenvalue weighted by Crippen LogP contribution is -2.43.